The highest BCUT2D eigenvalue weighted by Gasteiger charge is 2.25. The molecule has 0 N–H and O–H groups in total. The van der Waals surface area contributed by atoms with Gasteiger partial charge in [-0.2, -0.15) is 0 Å². The molecule has 2 aliphatic heterocycles. The summed E-state index contributed by atoms with van der Waals surface area (Å²) in [7, 11) is 0. The van der Waals surface area contributed by atoms with E-state index >= 15 is 0 Å². The van der Waals surface area contributed by atoms with Crippen molar-refractivity contribution in [2.24, 2.45) is 0 Å². The van der Waals surface area contributed by atoms with Crippen LogP contribution in [0.4, 0.5) is 11.4 Å². The minimum Gasteiger partial charge on any atom is -0.375 e. The van der Waals surface area contributed by atoms with Crippen molar-refractivity contribution in [1.29, 1.82) is 0 Å². The number of nitrogens with zero attached hydrogens (tertiary/aromatic N) is 4. The molecule has 7 nitrogen and oxygen atoms in total. The Hall–Kier alpha value is -2.41. The molecule has 1 aromatic rings. The number of carbonyl (C=O) groups is 1. The highest BCUT2D eigenvalue weighted by atomic mass is 16.6. The zero-order chi connectivity index (χ0) is 20.9. The SMILES string of the molecule is O=C(C=CN1CCN(C2CCCCC2)CC1)c1ccc(N2CCCC2)c([N+](=O)[O-])c1. The van der Waals surface area contributed by atoms with Gasteiger partial charge in [-0.3, -0.25) is 19.8 Å². The molecule has 0 spiro atoms. The summed E-state index contributed by atoms with van der Waals surface area (Å²) in [5.74, 6) is -0.180. The average molecular weight is 413 g/mol. The van der Waals surface area contributed by atoms with E-state index in [1.165, 1.54) is 38.2 Å². The molecule has 0 aromatic heterocycles. The van der Waals surface area contributed by atoms with Crippen LogP contribution < -0.4 is 4.90 Å². The molecule has 162 valence electrons. The smallest absolute Gasteiger partial charge is 0.293 e. The van der Waals surface area contributed by atoms with Gasteiger partial charge in [0.05, 0.1) is 4.92 Å². The zero-order valence-electron chi connectivity index (χ0n) is 17.7. The van der Waals surface area contributed by atoms with Gasteiger partial charge >= 0.3 is 0 Å². The summed E-state index contributed by atoms with van der Waals surface area (Å²) < 4.78 is 0. The van der Waals surface area contributed by atoms with Crippen LogP contribution in [0.2, 0.25) is 0 Å². The van der Waals surface area contributed by atoms with Gasteiger partial charge in [-0.05, 0) is 37.8 Å². The summed E-state index contributed by atoms with van der Waals surface area (Å²) >= 11 is 0. The summed E-state index contributed by atoms with van der Waals surface area (Å²) in [6.07, 6.45) is 12.2. The van der Waals surface area contributed by atoms with Crippen molar-refractivity contribution in [3.8, 4) is 0 Å². The Morgan fingerprint density at radius 1 is 0.967 bits per heavy atom. The molecule has 0 atom stereocenters. The van der Waals surface area contributed by atoms with E-state index in [0.29, 0.717) is 11.3 Å². The summed E-state index contributed by atoms with van der Waals surface area (Å²) in [5.41, 5.74) is 1.02. The lowest BCUT2D eigenvalue weighted by molar-refractivity contribution is -0.384. The second-order valence-corrected chi connectivity index (χ2v) is 8.70. The fourth-order valence-corrected chi connectivity index (χ4v) is 5.02. The molecule has 1 saturated carbocycles. The number of allylic oxidation sites excluding steroid dienone is 1. The van der Waals surface area contributed by atoms with E-state index in [-0.39, 0.29) is 16.4 Å². The van der Waals surface area contributed by atoms with Gasteiger partial charge in [-0.15, -0.1) is 0 Å². The van der Waals surface area contributed by atoms with Crippen molar-refractivity contribution in [3.63, 3.8) is 0 Å². The number of ketones is 1. The second kappa shape index (κ2) is 9.60. The Morgan fingerprint density at radius 2 is 1.67 bits per heavy atom. The molecule has 7 heteroatoms. The lowest BCUT2D eigenvalue weighted by atomic mass is 9.94. The van der Waals surface area contributed by atoms with E-state index in [4.69, 9.17) is 0 Å². The van der Waals surface area contributed by atoms with Gasteiger partial charge in [-0.1, -0.05) is 19.3 Å². The predicted molar refractivity (Wildman–Crippen MR) is 118 cm³/mol. The Bertz CT molecular complexity index is 790. The fourth-order valence-electron chi connectivity index (χ4n) is 5.02. The average Bonchev–Trinajstić information content (AvgIpc) is 3.33. The normalized spacial score (nSPS) is 21.5. The first-order chi connectivity index (χ1) is 14.6. The van der Waals surface area contributed by atoms with E-state index in [2.05, 4.69) is 9.80 Å². The maximum Gasteiger partial charge on any atom is 0.293 e. The summed E-state index contributed by atoms with van der Waals surface area (Å²) in [4.78, 5) is 30.6. The number of rotatable bonds is 6. The lowest BCUT2D eigenvalue weighted by Crippen LogP contribution is -2.49. The predicted octanol–water partition coefficient (Wildman–Crippen LogP) is 3.84. The fraction of sp³-hybridized carbons (Fsp3) is 0.609. The quantitative estimate of drug-likeness (QED) is 0.306. The Kier molecular flexibility index (Phi) is 6.67. The van der Waals surface area contributed by atoms with Gasteiger partial charge in [0.25, 0.3) is 5.69 Å². The first kappa shape index (κ1) is 20.8. The number of benzene rings is 1. The largest absolute Gasteiger partial charge is 0.375 e. The minimum absolute atomic E-state index is 0.0252. The number of anilines is 1. The Balaban J connectivity index is 1.36. The summed E-state index contributed by atoms with van der Waals surface area (Å²) in [5, 5.41) is 11.6. The summed E-state index contributed by atoms with van der Waals surface area (Å²) in [6.45, 7) is 5.60. The van der Waals surface area contributed by atoms with Crippen molar-refractivity contribution in [1.82, 2.24) is 9.80 Å². The lowest BCUT2D eigenvalue weighted by Gasteiger charge is -2.40. The third kappa shape index (κ3) is 4.83. The number of piperazine rings is 1. The van der Waals surface area contributed by atoms with Crippen LogP contribution >= 0.6 is 0 Å². The van der Waals surface area contributed by atoms with Gasteiger partial charge in [0.15, 0.2) is 5.78 Å². The number of nitro benzene ring substituents is 1. The highest BCUT2D eigenvalue weighted by Crippen LogP contribution is 2.32. The van der Waals surface area contributed by atoms with Crippen LogP contribution in [-0.4, -0.2) is 65.8 Å². The molecule has 0 amide bonds. The number of hydrogen-bond acceptors (Lipinski definition) is 6. The van der Waals surface area contributed by atoms with E-state index < -0.39 is 0 Å². The van der Waals surface area contributed by atoms with Gasteiger partial charge in [-0.25, -0.2) is 0 Å². The maximum atomic E-state index is 12.6. The molecule has 4 rings (SSSR count). The van der Waals surface area contributed by atoms with Crippen molar-refractivity contribution in [3.05, 3.63) is 46.2 Å². The minimum atomic E-state index is -0.376. The molecular formula is C23H32N4O3. The first-order valence-corrected chi connectivity index (χ1v) is 11.4. The molecular weight excluding hydrogens is 380 g/mol. The van der Waals surface area contributed by atoms with Crippen LogP contribution in [0.5, 0.6) is 0 Å². The van der Waals surface area contributed by atoms with Gasteiger partial charge in [0, 0.05) is 69.2 Å². The topological polar surface area (TPSA) is 69.9 Å². The molecule has 0 bridgehead atoms. The second-order valence-electron chi connectivity index (χ2n) is 8.70. The van der Waals surface area contributed by atoms with Crippen LogP contribution in [0.15, 0.2) is 30.5 Å². The molecule has 0 unspecified atom stereocenters. The Morgan fingerprint density at radius 3 is 2.33 bits per heavy atom. The number of carbonyl (C=O) groups excluding carboxylic acids is 1. The zero-order valence-corrected chi connectivity index (χ0v) is 17.7. The van der Waals surface area contributed by atoms with Crippen LogP contribution in [0.3, 0.4) is 0 Å². The molecule has 30 heavy (non-hydrogen) atoms. The van der Waals surface area contributed by atoms with Crippen molar-refractivity contribution < 1.29 is 9.72 Å². The van der Waals surface area contributed by atoms with Crippen LogP contribution in [-0.2, 0) is 0 Å². The summed E-state index contributed by atoms with van der Waals surface area (Å²) in [6, 6.07) is 5.62. The van der Waals surface area contributed by atoms with E-state index in [1.807, 2.05) is 11.1 Å². The molecule has 2 heterocycles. The molecule has 3 aliphatic rings. The van der Waals surface area contributed by atoms with Gasteiger partial charge in [0.1, 0.15) is 5.69 Å². The van der Waals surface area contributed by atoms with E-state index in [9.17, 15) is 14.9 Å². The maximum absolute atomic E-state index is 12.6. The van der Waals surface area contributed by atoms with E-state index in [0.717, 1.165) is 58.2 Å². The molecule has 3 fully saturated rings. The number of nitro groups is 1. The third-order valence-electron chi connectivity index (χ3n) is 6.78. The molecule has 1 aliphatic carbocycles. The van der Waals surface area contributed by atoms with Crippen LogP contribution in [0, 0.1) is 10.1 Å². The van der Waals surface area contributed by atoms with E-state index in [1.54, 1.807) is 18.2 Å². The van der Waals surface area contributed by atoms with Crippen LogP contribution in [0.25, 0.3) is 0 Å². The molecule has 2 saturated heterocycles. The highest BCUT2D eigenvalue weighted by molar-refractivity contribution is 6.05. The van der Waals surface area contributed by atoms with Crippen molar-refractivity contribution >= 4 is 17.2 Å². The number of hydrogen-bond donors (Lipinski definition) is 0. The van der Waals surface area contributed by atoms with Gasteiger partial charge < -0.3 is 9.80 Å². The van der Waals surface area contributed by atoms with Gasteiger partial charge in [0.2, 0.25) is 0 Å². The standard InChI is InChI=1S/C23H32N4O3/c28-23(10-13-24-14-16-25(17-15-24)20-6-2-1-3-7-20)19-8-9-21(22(18-19)27(29)30)26-11-4-5-12-26/h8-10,13,18,20H,1-7,11-12,14-17H2. The molecule has 0 radical (unpaired) electrons. The first-order valence-electron chi connectivity index (χ1n) is 11.4. The Labute approximate surface area is 178 Å². The third-order valence-corrected chi connectivity index (χ3v) is 6.78. The monoisotopic (exact) mass is 412 g/mol. The van der Waals surface area contributed by atoms with Crippen molar-refractivity contribution in [2.45, 2.75) is 51.0 Å². The molecule has 1 aromatic carbocycles. The van der Waals surface area contributed by atoms with Crippen molar-refractivity contribution in [2.75, 3.05) is 44.2 Å². The van der Waals surface area contributed by atoms with Crippen LogP contribution in [0.1, 0.15) is 55.3 Å².